The van der Waals surface area contributed by atoms with Crippen molar-refractivity contribution in [2.24, 2.45) is 0 Å². The second kappa shape index (κ2) is 5.42. The summed E-state index contributed by atoms with van der Waals surface area (Å²) < 4.78 is 46.6. The predicted molar refractivity (Wildman–Crippen MR) is 71.8 cm³/mol. The number of carbonyl (C=O) groups excluding carboxylic acids is 1. The summed E-state index contributed by atoms with van der Waals surface area (Å²) in [5, 5.41) is 0. The topological polar surface area (TPSA) is 85.3 Å². The van der Waals surface area contributed by atoms with Gasteiger partial charge in [-0.05, 0) is 23.6 Å². The number of sulfone groups is 2. The van der Waals surface area contributed by atoms with Gasteiger partial charge in [0.1, 0.15) is 6.29 Å². The van der Waals surface area contributed by atoms with Crippen LogP contribution in [-0.4, -0.2) is 35.6 Å². The van der Waals surface area contributed by atoms with Crippen LogP contribution >= 0.6 is 0 Å². The van der Waals surface area contributed by atoms with E-state index in [-0.39, 0.29) is 22.1 Å². The van der Waals surface area contributed by atoms with Gasteiger partial charge in [0.2, 0.25) is 0 Å². The van der Waals surface area contributed by atoms with Gasteiger partial charge in [-0.2, -0.15) is 0 Å². The fourth-order valence-corrected chi connectivity index (χ4v) is 4.14. The fourth-order valence-electron chi connectivity index (χ4n) is 1.71. The van der Waals surface area contributed by atoms with Gasteiger partial charge in [0.15, 0.2) is 19.7 Å². The average molecular weight is 304 g/mol. The standard InChI is InChI=1S/C12H16O5S2/c1-9(6-7-13)10-4-5-11(18(2,14)15)12(8-10)19(3,16)17/h4-5,7-9H,6H2,1-3H3. The molecule has 0 bridgehead atoms. The van der Waals surface area contributed by atoms with Crippen LogP contribution in [0.4, 0.5) is 0 Å². The van der Waals surface area contributed by atoms with Crippen molar-refractivity contribution in [1.29, 1.82) is 0 Å². The van der Waals surface area contributed by atoms with Crippen LogP contribution < -0.4 is 0 Å². The predicted octanol–water partition coefficient (Wildman–Crippen LogP) is 1.19. The van der Waals surface area contributed by atoms with Crippen molar-refractivity contribution in [3.8, 4) is 0 Å². The molecule has 0 amide bonds. The summed E-state index contributed by atoms with van der Waals surface area (Å²) >= 11 is 0. The van der Waals surface area contributed by atoms with Crippen LogP contribution in [0.15, 0.2) is 28.0 Å². The first-order valence-corrected chi connectivity index (χ1v) is 9.33. The van der Waals surface area contributed by atoms with Crippen molar-refractivity contribution in [3.05, 3.63) is 23.8 Å². The van der Waals surface area contributed by atoms with Crippen molar-refractivity contribution in [3.63, 3.8) is 0 Å². The Labute approximate surface area is 113 Å². The Morgan fingerprint density at radius 1 is 1.05 bits per heavy atom. The molecule has 19 heavy (non-hydrogen) atoms. The van der Waals surface area contributed by atoms with E-state index in [1.165, 1.54) is 12.1 Å². The van der Waals surface area contributed by atoms with Crippen LogP contribution in [0.25, 0.3) is 0 Å². The molecule has 0 aliphatic carbocycles. The lowest BCUT2D eigenvalue weighted by Crippen LogP contribution is -2.09. The van der Waals surface area contributed by atoms with Crippen LogP contribution in [0.1, 0.15) is 24.8 Å². The molecule has 7 heteroatoms. The van der Waals surface area contributed by atoms with Crippen molar-refractivity contribution >= 4 is 26.0 Å². The molecule has 1 aromatic rings. The molecule has 1 rings (SSSR count). The molecule has 0 saturated carbocycles. The Balaban J connectivity index is 3.54. The second-order valence-corrected chi connectivity index (χ2v) is 8.52. The first kappa shape index (κ1) is 15.8. The highest BCUT2D eigenvalue weighted by Crippen LogP contribution is 2.27. The molecule has 106 valence electrons. The molecule has 5 nitrogen and oxygen atoms in total. The van der Waals surface area contributed by atoms with Crippen molar-refractivity contribution in [1.82, 2.24) is 0 Å². The maximum absolute atomic E-state index is 11.7. The zero-order valence-electron chi connectivity index (χ0n) is 11.0. The van der Waals surface area contributed by atoms with Crippen LogP contribution in [-0.2, 0) is 24.5 Å². The molecule has 1 aromatic carbocycles. The van der Waals surface area contributed by atoms with E-state index in [0.29, 0.717) is 5.56 Å². The van der Waals surface area contributed by atoms with E-state index >= 15 is 0 Å². The van der Waals surface area contributed by atoms with E-state index in [2.05, 4.69) is 0 Å². The summed E-state index contributed by atoms with van der Waals surface area (Å²) in [5.74, 6) is -0.161. The lowest BCUT2D eigenvalue weighted by Gasteiger charge is -2.12. The highest BCUT2D eigenvalue weighted by atomic mass is 32.2. The number of hydrogen-bond donors (Lipinski definition) is 0. The molecular formula is C12H16O5S2. The third-order valence-corrected chi connectivity index (χ3v) is 5.21. The minimum absolute atomic E-state index is 0.161. The SMILES string of the molecule is CC(CC=O)c1ccc(S(C)(=O)=O)c(S(C)(=O)=O)c1. The Bertz CT molecular complexity index is 687. The monoisotopic (exact) mass is 304 g/mol. The Morgan fingerprint density at radius 3 is 2.00 bits per heavy atom. The smallest absolute Gasteiger partial charge is 0.176 e. The molecule has 0 heterocycles. The van der Waals surface area contributed by atoms with E-state index < -0.39 is 19.7 Å². The molecule has 0 spiro atoms. The van der Waals surface area contributed by atoms with Gasteiger partial charge in [-0.1, -0.05) is 13.0 Å². The average Bonchev–Trinajstić information content (AvgIpc) is 2.26. The first-order valence-electron chi connectivity index (χ1n) is 5.55. The van der Waals surface area contributed by atoms with Gasteiger partial charge in [0.25, 0.3) is 0 Å². The van der Waals surface area contributed by atoms with Gasteiger partial charge in [-0.3, -0.25) is 0 Å². The van der Waals surface area contributed by atoms with Crippen LogP contribution in [0, 0.1) is 0 Å². The van der Waals surface area contributed by atoms with E-state index in [1.807, 2.05) is 0 Å². The van der Waals surface area contributed by atoms with Crippen molar-refractivity contribution < 1.29 is 21.6 Å². The zero-order chi connectivity index (χ0) is 14.8. The van der Waals surface area contributed by atoms with E-state index in [1.54, 1.807) is 13.0 Å². The van der Waals surface area contributed by atoms with E-state index in [9.17, 15) is 21.6 Å². The maximum Gasteiger partial charge on any atom is 0.176 e. The number of carbonyl (C=O) groups is 1. The minimum Gasteiger partial charge on any atom is -0.303 e. The summed E-state index contributed by atoms with van der Waals surface area (Å²) in [6, 6.07) is 4.15. The third kappa shape index (κ3) is 3.87. The largest absolute Gasteiger partial charge is 0.303 e. The quantitative estimate of drug-likeness (QED) is 0.763. The molecule has 0 radical (unpaired) electrons. The number of aldehydes is 1. The highest BCUT2D eigenvalue weighted by Gasteiger charge is 2.22. The first-order chi connectivity index (χ1) is 8.57. The van der Waals surface area contributed by atoms with Gasteiger partial charge in [-0.15, -0.1) is 0 Å². The molecule has 0 aliphatic heterocycles. The van der Waals surface area contributed by atoms with E-state index in [0.717, 1.165) is 18.8 Å². The summed E-state index contributed by atoms with van der Waals surface area (Å²) in [6.45, 7) is 1.77. The number of hydrogen-bond acceptors (Lipinski definition) is 5. The van der Waals surface area contributed by atoms with Crippen LogP contribution in [0.2, 0.25) is 0 Å². The number of rotatable bonds is 5. The summed E-state index contributed by atoms with van der Waals surface area (Å²) in [5.41, 5.74) is 0.625. The van der Waals surface area contributed by atoms with Crippen molar-refractivity contribution in [2.75, 3.05) is 12.5 Å². The Hall–Kier alpha value is -1.21. The van der Waals surface area contributed by atoms with Gasteiger partial charge in [0, 0.05) is 18.9 Å². The minimum atomic E-state index is -3.66. The molecule has 1 unspecified atom stereocenters. The van der Waals surface area contributed by atoms with E-state index in [4.69, 9.17) is 0 Å². The molecular weight excluding hydrogens is 288 g/mol. The third-order valence-electron chi connectivity index (χ3n) is 2.79. The van der Waals surface area contributed by atoms with Gasteiger partial charge in [-0.25, -0.2) is 16.8 Å². The van der Waals surface area contributed by atoms with Crippen LogP contribution in [0.5, 0.6) is 0 Å². The summed E-state index contributed by atoms with van der Waals surface area (Å²) in [4.78, 5) is 10.1. The Morgan fingerprint density at radius 2 is 1.58 bits per heavy atom. The Kier molecular flexibility index (Phi) is 4.52. The van der Waals surface area contributed by atoms with Gasteiger partial charge in [0.05, 0.1) is 9.79 Å². The fraction of sp³-hybridized carbons (Fsp3) is 0.417. The second-order valence-electron chi connectivity index (χ2n) is 4.55. The van der Waals surface area contributed by atoms with Gasteiger partial charge < -0.3 is 4.79 Å². The molecule has 0 aromatic heterocycles. The molecule has 0 saturated heterocycles. The van der Waals surface area contributed by atoms with Crippen LogP contribution in [0.3, 0.4) is 0 Å². The lowest BCUT2D eigenvalue weighted by molar-refractivity contribution is -0.108. The molecule has 0 fully saturated rings. The molecule has 0 N–H and O–H groups in total. The molecule has 0 aliphatic rings. The van der Waals surface area contributed by atoms with Gasteiger partial charge >= 0.3 is 0 Å². The zero-order valence-corrected chi connectivity index (χ0v) is 12.6. The highest BCUT2D eigenvalue weighted by molar-refractivity contribution is 7.93. The summed E-state index contributed by atoms with van der Waals surface area (Å²) in [6.07, 6.45) is 2.92. The van der Waals surface area contributed by atoms with Crippen molar-refractivity contribution in [2.45, 2.75) is 29.1 Å². The lowest BCUT2D eigenvalue weighted by atomic mass is 9.99. The molecule has 1 atom stereocenters. The normalized spacial score (nSPS) is 14.1. The maximum atomic E-state index is 11.7. The summed E-state index contributed by atoms with van der Waals surface area (Å²) in [7, 11) is -7.28. The number of benzene rings is 1.